The minimum atomic E-state index is -0.238. The van der Waals surface area contributed by atoms with Gasteiger partial charge in [-0.25, -0.2) is 4.98 Å². The standard InChI is InChI=1S/C23H16Cl2N2O2/c1-13(28)10-14-4-2-5-15(11-14)16-8-9-26-23-20(16)18(12-27-23)22(29)17-6-3-7-19(24)21(17)25/h2-9,11-12H,10H2,1H3,(H,26,27). The number of aromatic nitrogens is 2. The predicted molar refractivity (Wildman–Crippen MR) is 116 cm³/mol. The molecule has 144 valence electrons. The van der Waals surface area contributed by atoms with Crippen molar-refractivity contribution in [3.8, 4) is 11.1 Å². The largest absolute Gasteiger partial charge is 0.345 e. The second-order valence-corrected chi connectivity index (χ2v) is 7.58. The number of hydrogen-bond donors (Lipinski definition) is 1. The maximum Gasteiger partial charge on any atom is 0.196 e. The van der Waals surface area contributed by atoms with Crippen LogP contribution in [0.4, 0.5) is 0 Å². The molecule has 0 fully saturated rings. The van der Waals surface area contributed by atoms with Crippen molar-refractivity contribution in [2.24, 2.45) is 0 Å². The SMILES string of the molecule is CC(=O)Cc1cccc(-c2ccnc3[nH]cc(C(=O)c4cccc(Cl)c4Cl)c23)c1. The molecule has 0 unspecified atom stereocenters. The van der Waals surface area contributed by atoms with Gasteiger partial charge < -0.3 is 4.98 Å². The molecule has 2 aromatic heterocycles. The van der Waals surface area contributed by atoms with E-state index in [1.165, 1.54) is 0 Å². The van der Waals surface area contributed by atoms with Crippen LogP contribution in [0.5, 0.6) is 0 Å². The summed E-state index contributed by atoms with van der Waals surface area (Å²) in [5.41, 5.74) is 4.07. The molecule has 29 heavy (non-hydrogen) atoms. The molecule has 0 aliphatic rings. The number of Topliss-reactive ketones (excluding diaryl/α,β-unsaturated/α-hetero) is 1. The third-order valence-corrected chi connectivity index (χ3v) is 5.52. The van der Waals surface area contributed by atoms with Crippen LogP contribution in [0.25, 0.3) is 22.2 Å². The Morgan fingerprint density at radius 1 is 1.03 bits per heavy atom. The van der Waals surface area contributed by atoms with E-state index < -0.39 is 0 Å². The van der Waals surface area contributed by atoms with Crippen molar-refractivity contribution < 1.29 is 9.59 Å². The summed E-state index contributed by atoms with van der Waals surface area (Å²) in [6.45, 7) is 1.56. The van der Waals surface area contributed by atoms with Gasteiger partial charge in [0.1, 0.15) is 11.4 Å². The summed E-state index contributed by atoms with van der Waals surface area (Å²) in [7, 11) is 0. The van der Waals surface area contributed by atoms with Crippen LogP contribution < -0.4 is 0 Å². The van der Waals surface area contributed by atoms with Gasteiger partial charge in [-0.15, -0.1) is 0 Å². The lowest BCUT2D eigenvalue weighted by Gasteiger charge is -2.09. The van der Waals surface area contributed by atoms with E-state index in [0.29, 0.717) is 33.6 Å². The molecule has 0 saturated carbocycles. The number of halogens is 2. The number of carbonyl (C=O) groups excluding carboxylic acids is 2. The molecule has 0 amide bonds. The molecule has 6 heteroatoms. The number of H-pyrrole nitrogens is 1. The van der Waals surface area contributed by atoms with E-state index in [-0.39, 0.29) is 16.6 Å². The summed E-state index contributed by atoms with van der Waals surface area (Å²) in [6.07, 6.45) is 3.69. The summed E-state index contributed by atoms with van der Waals surface area (Å²) in [5.74, 6) is -0.145. The third-order valence-electron chi connectivity index (χ3n) is 4.71. The normalized spacial score (nSPS) is 11.0. The van der Waals surface area contributed by atoms with Crippen LogP contribution in [0.1, 0.15) is 28.4 Å². The number of hydrogen-bond acceptors (Lipinski definition) is 3. The van der Waals surface area contributed by atoms with E-state index in [9.17, 15) is 9.59 Å². The summed E-state index contributed by atoms with van der Waals surface area (Å²) in [5, 5.41) is 1.25. The Morgan fingerprint density at radius 2 is 1.83 bits per heavy atom. The Bertz CT molecular complexity index is 1260. The first-order valence-electron chi connectivity index (χ1n) is 8.99. The fourth-order valence-corrected chi connectivity index (χ4v) is 3.82. The smallest absolute Gasteiger partial charge is 0.196 e. The van der Waals surface area contributed by atoms with Crippen molar-refractivity contribution in [3.05, 3.63) is 87.7 Å². The van der Waals surface area contributed by atoms with Crippen LogP contribution in [0.3, 0.4) is 0 Å². The Labute approximate surface area is 177 Å². The monoisotopic (exact) mass is 422 g/mol. The second kappa shape index (κ2) is 7.82. The van der Waals surface area contributed by atoms with Crippen LogP contribution in [-0.2, 0) is 11.2 Å². The average molecular weight is 423 g/mol. The van der Waals surface area contributed by atoms with Crippen LogP contribution in [0.15, 0.2) is 60.9 Å². The number of nitrogens with zero attached hydrogens (tertiary/aromatic N) is 1. The summed E-state index contributed by atoms with van der Waals surface area (Å²) in [4.78, 5) is 32.2. The molecule has 0 radical (unpaired) electrons. The van der Waals surface area contributed by atoms with E-state index in [4.69, 9.17) is 23.2 Å². The van der Waals surface area contributed by atoms with E-state index in [1.807, 2.05) is 30.3 Å². The van der Waals surface area contributed by atoms with Gasteiger partial charge in [0.05, 0.1) is 15.6 Å². The van der Waals surface area contributed by atoms with E-state index >= 15 is 0 Å². The molecular weight excluding hydrogens is 407 g/mol. The van der Waals surface area contributed by atoms with E-state index in [2.05, 4.69) is 9.97 Å². The van der Waals surface area contributed by atoms with Gasteiger partial charge in [0.15, 0.2) is 5.78 Å². The quantitative estimate of drug-likeness (QED) is 0.407. The maximum atomic E-state index is 13.3. The molecule has 2 aromatic carbocycles. The summed E-state index contributed by atoms with van der Waals surface area (Å²) >= 11 is 12.4. The Kier molecular flexibility index (Phi) is 5.22. The summed E-state index contributed by atoms with van der Waals surface area (Å²) < 4.78 is 0. The fourth-order valence-electron chi connectivity index (χ4n) is 3.44. The Morgan fingerprint density at radius 3 is 2.62 bits per heavy atom. The van der Waals surface area contributed by atoms with Crippen molar-refractivity contribution in [3.63, 3.8) is 0 Å². The van der Waals surface area contributed by atoms with Crippen molar-refractivity contribution in [1.82, 2.24) is 9.97 Å². The topological polar surface area (TPSA) is 62.8 Å². The Balaban J connectivity index is 1.88. The first kappa shape index (κ1) is 19.4. The average Bonchev–Trinajstić information content (AvgIpc) is 3.13. The van der Waals surface area contributed by atoms with Crippen molar-refractivity contribution in [1.29, 1.82) is 0 Å². The van der Waals surface area contributed by atoms with Crippen molar-refractivity contribution >= 4 is 45.8 Å². The minimum absolute atomic E-state index is 0.0927. The van der Waals surface area contributed by atoms with E-state index in [1.54, 1.807) is 37.5 Å². The van der Waals surface area contributed by atoms with Gasteiger partial charge in [-0.05, 0) is 41.8 Å². The highest BCUT2D eigenvalue weighted by molar-refractivity contribution is 6.44. The summed E-state index contributed by atoms with van der Waals surface area (Å²) in [6, 6.07) is 14.6. The van der Waals surface area contributed by atoms with Gasteiger partial charge in [0.25, 0.3) is 0 Å². The highest BCUT2D eigenvalue weighted by Crippen LogP contribution is 2.34. The zero-order valence-corrected chi connectivity index (χ0v) is 17.0. The number of ketones is 2. The molecular formula is C23H16Cl2N2O2. The van der Waals surface area contributed by atoms with Crippen molar-refractivity contribution in [2.75, 3.05) is 0 Å². The first-order valence-corrected chi connectivity index (χ1v) is 9.75. The predicted octanol–water partition coefficient (Wildman–Crippen LogP) is 5.90. The lowest BCUT2D eigenvalue weighted by Crippen LogP contribution is -2.02. The third kappa shape index (κ3) is 3.69. The maximum absolute atomic E-state index is 13.3. The molecule has 4 nitrogen and oxygen atoms in total. The van der Waals surface area contributed by atoms with Crippen LogP contribution in [0.2, 0.25) is 10.0 Å². The zero-order valence-electron chi connectivity index (χ0n) is 15.5. The molecule has 2 heterocycles. The zero-order chi connectivity index (χ0) is 20.5. The van der Waals surface area contributed by atoms with Crippen LogP contribution >= 0.6 is 23.2 Å². The van der Waals surface area contributed by atoms with Gasteiger partial charge in [0.2, 0.25) is 0 Å². The number of carbonyl (C=O) groups is 2. The number of benzene rings is 2. The van der Waals surface area contributed by atoms with Crippen LogP contribution in [-0.4, -0.2) is 21.5 Å². The lowest BCUT2D eigenvalue weighted by molar-refractivity contribution is -0.116. The lowest BCUT2D eigenvalue weighted by atomic mass is 9.95. The molecule has 4 aromatic rings. The molecule has 0 aliphatic carbocycles. The number of nitrogens with one attached hydrogen (secondary N) is 1. The molecule has 0 atom stereocenters. The molecule has 0 saturated heterocycles. The first-order chi connectivity index (χ1) is 14.0. The highest BCUT2D eigenvalue weighted by Gasteiger charge is 2.21. The van der Waals surface area contributed by atoms with Gasteiger partial charge in [-0.3, -0.25) is 9.59 Å². The molecule has 4 rings (SSSR count). The van der Waals surface area contributed by atoms with E-state index in [0.717, 1.165) is 16.7 Å². The molecule has 0 bridgehead atoms. The van der Waals surface area contributed by atoms with Gasteiger partial charge >= 0.3 is 0 Å². The highest BCUT2D eigenvalue weighted by atomic mass is 35.5. The molecule has 0 spiro atoms. The second-order valence-electron chi connectivity index (χ2n) is 6.79. The van der Waals surface area contributed by atoms with Crippen molar-refractivity contribution in [2.45, 2.75) is 13.3 Å². The minimum Gasteiger partial charge on any atom is -0.345 e. The number of pyridine rings is 1. The number of rotatable bonds is 5. The fraction of sp³-hybridized carbons (Fsp3) is 0.0870. The van der Waals surface area contributed by atoms with Gasteiger partial charge in [-0.2, -0.15) is 0 Å². The molecule has 0 aliphatic heterocycles. The van der Waals surface area contributed by atoms with Gasteiger partial charge in [-0.1, -0.05) is 53.5 Å². The Hall–Kier alpha value is -2.95. The molecule has 1 N–H and O–H groups in total. The number of fused-ring (bicyclic) bond motifs is 1. The number of aromatic amines is 1. The van der Waals surface area contributed by atoms with Gasteiger partial charge in [0, 0.05) is 29.8 Å². The van der Waals surface area contributed by atoms with Crippen LogP contribution in [0, 0.1) is 0 Å².